The van der Waals surface area contributed by atoms with Gasteiger partial charge >= 0.3 is 0 Å². The van der Waals surface area contributed by atoms with Crippen LogP contribution >= 0.6 is 22.9 Å². The number of benzene rings is 1. The minimum Gasteiger partial charge on any atom is -0.223 e. The van der Waals surface area contributed by atoms with Crippen molar-refractivity contribution < 1.29 is 8.42 Å². The molecule has 0 radical (unpaired) electrons. The smallest absolute Gasteiger partial charge is 0.186 e. The second kappa shape index (κ2) is 3.47. The van der Waals surface area contributed by atoms with Gasteiger partial charge in [-0.05, 0) is 18.6 Å². The maximum absolute atomic E-state index is 11.4. The fourth-order valence-electron chi connectivity index (χ4n) is 1.39. The highest BCUT2D eigenvalue weighted by Crippen LogP contribution is 2.38. The highest BCUT2D eigenvalue weighted by molar-refractivity contribution is 7.93. The van der Waals surface area contributed by atoms with Gasteiger partial charge in [0.25, 0.3) is 0 Å². The molecule has 1 heterocycles. The largest absolute Gasteiger partial charge is 0.223 e. The topological polar surface area (TPSA) is 34.1 Å². The third kappa shape index (κ3) is 1.89. The van der Waals surface area contributed by atoms with E-state index in [-0.39, 0.29) is 4.21 Å². The van der Waals surface area contributed by atoms with E-state index in [0.29, 0.717) is 5.02 Å². The van der Waals surface area contributed by atoms with E-state index >= 15 is 0 Å². The number of rotatable bonds is 1. The predicted molar refractivity (Wildman–Crippen MR) is 64.7 cm³/mol. The number of halogens is 1. The molecule has 0 atom stereocenters. The molecule has 1 aromatic carbocycles. The van der Waals surface area contributed by atoms with Gasteiger partial charge in [-0.1, -0.05) is 23.7 Å². The molecule has 0 N–H and O–H groups in total. The van der Waals surface area contributed by atoms with Gasteiger partial charge in [-0.3, -0.25) is 0 Å². The summed E-state index contributed by atoms with van der Waals surface area (Å²) < 4.78 is 24.0. The van der Waals surface area contributed by atoms with Crippen LogP contribution in [0, 0.1) is 6.92 Å². The minimum absolute atomic E-state index is 0.254. The van der Waals surface area contributed by atoms with Crippen LogP contribution in [-0.4, -0.2) is 14.7 Å². The predicted octanol–water partition coefficient (Wildman–Crippen LogP) is 3.27. The quantitative estimate of drug-likeness (QED) is 0.789. The van der Waals surface area contributed by atoms with Crippen LogP contribution < -0.4 is 0 Å². The maximum atomic E-state index is 11.4. The lowest BCUT2D eigenvalue weighted by Crippen LogP contribution is -1.93. The monoisotopic (exact) mass is 260 g/mol. The van der Waals surface area contributed by atoms with Crippen LogP contribution in [0.25, 0.3) is 10.1 Å². The van der Waals surface area contributed by atoms with Crippen LogP contribution in [0.3, 0.4) is 0 Å². The van der Waals surface area contributed by atoms with Crippen molar-refractivity contribution in [1.82, 2.24) is 0 Å². The lowest BCUT2D eigenvalue weighted by atomic mass is 10.2. The van der Waals surface area contributed by atoms with Gasteiger partial charge in [-0.2, -0.15) is 0 Å². The highest BCUT2D eigenvalue weighted by atomic mass is 35.5. The Bertz CT molecular complexity index is 626. The Labute approximate surface area is 97.4 Å². The van der Waals surface area contributed by atoms with Crippen molar-refractivity contribution in [2.45, 2.75) is 11.1 Å². The van der Waals surface area contributed by atoms with Crippen molar-refractivity contribution in [3.8, 4) is 0 Å². The molecule has 1 aromatic heterocycles. The molecule has 0 bridgehead atoms. The third-order valence-corrected chi connectivity index (χ3v) is 5.69. The molecule has 2 aromatic rings. The number of sulfone groups is 1. The summed E-state index contributed by atoms with van der Waals surface area (Å²) in [5.41, 5.74) is 1.10. The summed E-state index contributed by atoms with van der Waals surface area (Å²) in [7, 11) is -3.22. The molecule has 0 aliphatic rings. The summed E-state index contributed by atoms with van der Waals surface area (Å²) >= 11 is 7.25. The first-order valence-corrected chi connectivity index (χ1v) is 7.37. The molecule has 5 heteroatoms. The maximum Gasteiger partial charge on any atom is 0.186 e. The van der Waals surface area contributed by atoms with Gasteiger partial charge in [0.1, 0.15) is 4.21 Å². The van der Waals surface area contributed by atoms with E-state index < -0.39 is 9.84 Å². The first kappa shape index (κ1) is 10.9. The molecule has 0 fully saturated rings. The normalized spacial score (nSPS) is 12.2. The molecule has 15 heavy (non-hydrogen) atoms. The van der Waals surface area contributed by atoms with Gasteiger partial charge in [0.15, 0.2) is 9.84 Å². The zero-order chi connectivity index (χ0) is 11.2. The van der Waals surface area contributed by atoms with Gasteiger partial charge in [0.2, 0.25) is 0 Å². The number of aryl methyl sites for hydroxylation is 1. The zero-order valence-electron chi connectivity index (χ0n) is 8.24. The van der Waals surface area contributed by atoms with E-state index in [1.807, 2.05) is 25.1 Å². The lowest BCUT2D eigenvalue weighted by molar-refractivity contribution is 0.604. The minimum atomic E-state index is -3.22. The van der Waals surface area contributed by atoms with E-state index in [2.05, 4.69) is 0 Å². The standard InChI is InChI=1S/C10H9ClO2S2/c1-6-3-4-7-8(5-6)14-10(9(7)11)15(2,12)13/h3-5H,1-2H3. The summed E-state index contributed by atoms with van der Waals surface area (Å²) in [6.45, 7) is 1.97. The summed E-state index contributed by atoms with van der Waals surface area (Å²) in [4.78, 5) is 0. The molecule has 0 spiro atoms. The number of hydrogen-bond donors (Lipinski definition) is 0. The number of fused-ring (bicyclic) bond motifs is 1. The van der Waals surface area contributed by atoms with Crippen molar-refractivity contribution >= 4 is 42.9 Å². The van der Waals surface area contributed by atoms with Crippen LogP contribution in [0.1, 0.15) is 5.56 Å². The van der Waals surface area contributed by atoms with Gasteiger partial charge in [-0.15, -0.1) is 11.3 Å². The van der Waals surface area contributed by atoms with Crippen LogP contribution in [0.15, 0.2) is 22.4 Å². The van der Waals surface area contributed by atoms with Crippen molar-refractivity contribution in [1.29, 1.82) is 0 Å². The molecule has 2 rings (SSSR count). The Balaban J connectivity index is 2.87. The van der Waals surface area contributed by atoms with Crippen LogP contribution in [0.2, 0.25) is 5.02 Å². The Morgan fingerprint density at radius 2 is 2.00 bits per heavy atom. The fraction of sp³-hybridized carbons (Fsp3) is 0.200. The Hall–Kier alpha value is -0.580. The molecular weight excluding hydrogens is 252 g/mol. The summed E-state index contributed by atoms with van der Waals surface area (Å²) in [5.74, 6) is 0. The van der Waals surface area contributed by atoms with E-state index in [4.69, 9.17) is 11.6 Å². The zero-order valence-corrected chi connectivity index (χ0v) is 10.6. The highest BCUT2D eigenvalue weighted by Gasteiger charge is 2.18. The van der Waals surface area contributed by atoms with Crippen LogP contribution in [-0.2, 0) is 9.84 Å². The number of hydrogen-bond acceptors (Lipinski definition) is 3. The van der Waals surface area contributed by atoms with Crippen molar-refractivity contribution in [3.63, 3.8) is 0 Å². The molecule has 0 aliphatic heterocycles. The summed E-state index contributed by atoms with van der Waals surface area (Å²) in [6, 6.07) is 5.73. The molecule has 0 saturated heterocycles. The molecule has 0 unspecified atom stereocenters. The van der Waals surface area contributed by atoms with E-state index in [9.17, 15) is 8.42 Å². The average Bonchev–Trinajstić information content (AvgIpc) is 2.42. The molecule has 2 nitrogen and oxygen atoms in total. The number of thiophene rings is 1. The summed E-state index contributed by atoms with van der Waals surface area (Å²) in [5, 5.41) is 1.16. The second-order valence-corrected chi connectivity index (χ2v) is 7.12. The van der Waals surface area contributed by atoms with Gasteiger partial charge in [-0.25, -0.2) is 8.42 Å². The third-order valence-electron chi connectivity index (χ3n) is 2.09. The van der Waals surface area contributed by atoms with Gasteiger partial charge < -0.3 is 0 Å². The SMILES string of the molecule is Cc1ccc2c(Cl)c(S(C)(=O)=O)sc2c1. The van der Waals surface area contributed by atoms with Gasteiger partial charge in [0, 0.05) is 16.3 Å². The second-order valence-electron chi connectivity index (χ2n) is 3.48. The van der Waals surface area contributed by atoms with Crippen LogP contribution in [0.4, 0.5) is 0 Å². The van der Waals surface area contributed by atoms with Crippen molar-refractivity contribution in [2.24, 2.45) is 0 Å². The molecule has 0 saturated carbocycles. The Kier molecular flexibility index (Phi) is 2.53. The van der Waals surface area contributed by atoms with Crippen molar-refractivity contribution in [3.05, 3.63) is 28.8 Å². The Morgan fingerprint density at radius 3 is 2.60 bits per heavy atom. The first-order valence-electron chi connectivity index (χ1n) is 4.28. The van der Waals surface area contributed by atoms with Crippen molar-refractivity contribution in [2.75, 3.05) is 6.26 Å². The molecule has 80 valence electrons. The average molecular weight is 261 g/mol. The molecular formula is C10H9ClO2S2. The fourth-order valence-corrected chi connectivity index (χ4v) is 4.38. The first-order chi connectivity index (χ1) is 6.89. The Morgan fingerprint density at radius 1 is 1.33 bits per heavy atom. The lowest BCUT2D eigenvalue weighted by Gasteiger charge is -1.92. The molecule has 0 amide bonds. The van der Waals surface area contributed by atoms with E-state index in [1.54, 1.807) is 0 Å². The van der Waals surface area contributed by atoms with E-state index in [1.165, 1.54) is 17.6 Å². The molecule has 0 aliphatic carbocycles. The van der Waals surface area contributed by atoms with Crippen LogP contribution in [0.5, 0.6) is 0 Å². The van der Waals surface area contributed by atoms with Gasteiger partial charge in [0.05, 0.1) is 5.02 Å². The summed E-state index contributed by atoms with van der Waals surface area (Å²) in [6.07, 6.45) is 1.18. The van der Waals surface area contributed by atoms with E-state index in [0.717, 1.165) is 15.6 Å².